The van der Waals surface area contributed by atoms with E-state index in [9.17, 15) is 0 Å². The van der Waals surface area contributed by atoms with Crippen molar-refractivity contribution in [1.29, 1.82) is 0 Å². The van der Waals surface area contributed by atoms with Crippen LogP contribution in [0.15, 0.2) is 24.4 Å². The summed E-state index contributed by atoms with van der Waals surface area (Å²) in [6.07, 6.45) is 9.26. The van der Waals surface area contributed by atoms with Crippen molar-refractivity contribution in [2.24, 2.45) is 5.92 Å². The molecule has 0 spiro atoms. The average Bonchev–Trinajstić information content (AvgIpc) is 3.04. The van der Waals surface area contributed by atoms with Gasteiger partial charge in [-0.15, -0.1) is 0 Å². The molecule has 1 aromatic heterocycles. The van der Waals surface area contributed by atoms with Crippen LogP contribution in [-0.4, -0.2) is 41.9 Å². The number of ether oxygens (including phenoxy) is 1. The highest BCUT2D eigenvalue weighted by molar-refractivity contribution is 7.98. The van der Waals surface area contributed by atoms with E-state index < -0.39 is 0 Å². The van der Waals surface area contributed by atoms with E-state index in [1.807, 2.05) is 6.07 Å². The van der Waals surface area contributed by atoms with Crippen molar-refractivity contribution in [3.63, 3.8) is 0 Å². The molecule has 2 aliphatic rings. The molecule has 2 fully saturated rings. The molecule has 2 saturated heterocycles. The number of piperidine rings is 2. The Labute approximate surface area is 149 Å². The molecule has 2 aliphatic heterocycles. The number of fused-ring (bicyclic) bond motifs is 2. The Bertz CT molecular complexity index is 681. The Balaban J connectivity index is 1.38. The molecule has 2 aromatic rings. The number of H-pyrrole nitrogens is 1. The number of thioether (sulfide) groups is 1. The molecule has 0 bridgehead atoms. The van der Waals surface area contributed by atoms with Gasteiger partial charge in [0.2, 0.25) is 0 Å². The van der Waals surface area contributed by atoms with Crippen molar-refractivity contribution in [3.8, 4) is 5.75 Å². The molecular formula is C20H28N2OS. The molecule has 0 amide bonds. The van der Waals surface area contributed by atoms with Crippen molar-refractivity contribution in [2.45, 2.75) is 43.9 Å². The van der Waals surface area contributed by atoms with Crippen molar-refractivity contribution >= 4 is 22.7 Å². The zero-order valence-electron chi connectivity index (χ0n) is 14.6. The maximum atomic E-state index is 5.38. The van der Waals surface area contributed by atoms with Crippen LogP contribution in [0.3, 0.4) is 0 Å². The van der Waals surface area contributed by atoms with Crippen molar-refractivity contribution < 1.29 is 4.74 Å². The molecule has 130 valence electrons. The summed E-state index contributed by atoms with van der Waals surface area (Å²) in [5, 5.41) is 1.31. The molecule has 1 N–H and O–H groups in total. The smallest absolute Gasteiger partial charge is 0.119 e. The van der Waals surface area contributed by atoms with E-state index in [1.165, 1.54) is 67.4 Å². The maximum absolute atomic E-state index is 5.38. The van der Waals surface area contributed by atoms with Crippen LogP contribution in [0.4, 0.5) is 0 Å². The lowest BCUT2D eigenvalue weighted by Gasteiger charge is -2.44. The van der Waals surface area contributed by atoms with Gasteiger partial charge in [0.25, 0.3) is 0 Å². The third kappa shape index (κ3) is 3.31. The lowest BCUT2D eigenvalue weighted by molar-refractivity contribution is 0.0693. The fourth-order valence-corrected chi connectivity index (χ4v) is 5.76. The number of rotatable bonds is 5. The molecule has 0 aliphatic carbocycles. The largest absolute Gasteiger partial charge is 0.497 e. The van der Waals surface area contributed by atoms with Gasteiger partial charge in [0.15, 0.2) is 0 Å². The summed E-state index contributed by atoms with van der Waals surface area (Å²) in [6.45, 7) is 2.68. The zero-order valence-corrected chi connectivity index (χ0v) is 15.4. The van der Waals surface area contributed by atoms with Gasteiger partial charge in [-0.05, 0) is 74.2 Å². The van der Waals surface area contributed by atoms with Gasteiger partial charge < -0.3 is 14.6 Å². The lowest BCUT2D eigenvalue weighted by Crippen LogP contribution is -2.48. The molecule has 4 heteroatoms. The number of nitrogens with one attached hydrogen (secondary N) is 1. The zero-order chi connectivity index (χ0) is 16.4. The molecule has 0 unspecified atom stereocenters. The summed E-state index contributed by atoms with van der Waals surface area (Å²) in [6, 6.07) is 7.16. The fraction of sp³-hybridized carbons (Fsp3) is 0.600. The Morgan fingerprint density at radius 1 is 1.21 bits per heavy atom. The van der Waals surface area contributed by atoms with Crippen LogP contribution >= 0.6 is 11.8 Å². The molecule has 2 atom stereocenters. The van der Waals surface area contributed by atoms with E-state index in [0.29, 0.717) is 0 Å². The predicted molar refractivity (Wildman–Crippen MR) is 103 cm³/mol. The first-order valence-electron chi connectivity index (χ1n) is 9.31. The summed E-state index contributed by atoms with van der Waals surface area (Å²) in [5.74, 6) is 4.23. The van der Waals surface area contributed by atoms with Gasteiger partial charge in [-0.2, -0.15) is 11.8 Å². The molecule has 0 radical (unpaired) electrons. The number of hydrogen-bond donors (Lipinski definition) is 1. The number of aromatic amines is 1. The summed E-state index contributed by atoms with van der Waals surface area (Å²) in [4.78, 5) is 6.17. The van der Waals surface area contributed by atoms with E-state index in [-0.39, 0.29) is 0 Å². The summed E-state index contributed by atoms with van der Waals surface area (Å²) >= 11 is 2.11. The van der Waals surface area contributed by atoms with Crippen LogP contribution in [0.5, 0.6) is 5.75 Å². The highest BCUT2D eigenvalue weighted by atomic mass is 32.2. The number of methoxy groups -OCH3 is 1. The first-order valence-corrected chi connectivity index (χ1v) is 10.5. The Morgan fingerprint density at radius 3 is 3.04 bits per heavy atom. The van der Waals surface area contributed by atoms with Crippen LogP contribution < -0.4 is 4.74 Å². The van der Waals surface area contributed by atoms with Gasteiger partial charge in [0.05, 0.1) is 7.11 Å². The number of hydrogen-bond acceptors (Lipinski definition) is 3. The molecule has 1 aromatic carbocycles. The second-order valence-electron chi connectivity index (χ2n) is 7.24. The lowest BCUT2D eigenvalue weighted by atomic mass is 9.85. The number of nitrogens with zero attached hydrogens (tertiary/aromatic N) is 1. The topological polar surface area (TPSA) is 28.3 Å². The Kier molecular flexibility index (Phi) is 5.04. The minimum absolute atomic E-state index is 0.864. The van der Waals surface area contributed by atoms with Gasteiger partial charge in [0, 0.05) is 28.9 Å². The van der Waals surface area contributed by atoms with Gasteiger partial charge in [0.1, 0.15) is 5.75 Å². The maximum Gasteiger partial charge on any atom is 0.119 e. The summed E-state index contributed by atoms with van der Waals surface area (Å²) in [5.41, 5.74) is 2.62. The average molecular weight is 345 g/mol. The Hall–Kier alpha value is -1.13. The van der Waals surface area contributed by atoms with E-state index in [1.54, 1.807) is 7.11 Å². The molecular weight excluding hydrogens is 316 g/mol. The number of benzene rings is 1. The van der Waals surface area contributed by atoms with Crippen LogP contribution in [-0.2, 0) is 5.75 Å². The van der Waals surface area contributed by atoms with Crippen molar-refractivity contribution in [1.82, 2.24) is 9.88 Å². The second kappa shape index (κ2) is 7.40. The minimum Gasteiger partial charge on any atom is -0.497 e. The van der Waals surface area contributed by atoms with Crippen LogP contribution in [0.2, 0.25) is 0 Å². The van der Waals surface area contributed by atoms with Gasteiger partial charge in [-0.1, -0.05) is 6.42 Å². The van der Waals surface area contributed by atoms with Crippen LogP contribution in [0.25, 0.3) is 10.9 Å². The van der Waals surface area contributed by atoms with Gasteiger partial charge in [-0.25, -0.2) is 0 Å². The monoisotopic (exact) mass is 344 g/mol. The van der Waals surface area contributed by atoms with Gasteiger partial charge in [-0.3, -0.25) is 0 Å². The second-order valence-corrected chi connectivity index (χ2v) is 8.27. The quantitative estimate of drug-likeness (QED) is 0.854. The SMILES string of the molecule is COc1ccc2[nH]cc(CSC[C@@H]3CCCN4CCCC[C@H]34)c2c1. The molecule has 3 heterocycles. The normalized spacial score (nSPS) is 24.9. The number of aromatic nitrogens is 1. The molecule has 4 rings (SSSR count). The minimum atomic E-state index is 0.864. The molecule has 3 nitrogen and oxygen atoms in total. The highest BCUT2D eigenvalue weighted by Gasteiger charge is 2.32. The first kappa shape index (κ1) is 16.3. The van der Waals surface area contributed by atoms with Crippen LogP contribution in [0, 0.1) is 5.92 Å². The third-order valence-electron chi connectivity index (χ3n) is 5.79. The first-order chi connectivity index (χ1) is 11.8. The highest BCUT2D eigenvalue weighted by Crippen LogP contribution is 2.34. The van der Waals surface area contributed by atoms with Crippen molar-refractivity contribution in [3.05, 3.63) is 30.0 Å². The van der Waals surface area contributed by atoms with E-state index in [0.717, 1.165) is 23.5 Å². The van der Waals surface area contributed by atoms with Crippen LogP contribution in [0.1, 0.15) is 37.7 Å². The predicted octanol–water partition coefficient (Wildman–Crippen LogP) is 4.67. The molecule has 0 saturated carbocycles. The third-order valence-corrected chi connectivity index (χ3v) is 6.97. The fourth-order valence-electron chi connectivity index (χ4n) is 4.50. The summed E-state index contributed by atoms with van der Waals surface area (Å²) < 4.78 is 5.38. The standard InChI is InChI=1S/C20H28N2OS/c1-23-17-7-8-19-18(11-17)16(12-21-19)14-24-13-15-5-4-10-22-9-3-2-6-20(15)22/h7-8,11-12,15,20-21H,2-6,9-10,13-14H2,1H3/t15-,20+/m0/s1. The van der Waals surface area contributed by atoms with E-state index >= 15 is 0 Å². The van der Waals surface area contributed by atoms with Crippen molar-refractivity contribution in [2.75, 3.05) is 26.0 Å². The van der Waals surface area contributed by atoms with Gasteiger partial charge >= 0.3 is 0 Å². The van der Waals surface area contributed by atoms with E-state index in [2.05, 4.69) is 40.0 Å². The molecule has 24 heavy (non-hydrogen) atoms. The summed E-state index contributed by atoms with van der Waals surface area (Å²) in [7, 11) is 1.74. The Morgan fingerprint density at radius 2 is 2.12 bits per heavy atom. The van der Waals surface area contributed by atoms with E-state index in [4.69, 9.17) is 4.74 Å².